The van der Waals surface area contributed by atoms with Gasteiger partial charge in [0.15, 0.2) is 17.4 Å². The number of nitrogens with one attached hydrogen (secondary N) is 1. The molecule has 0 saturated carbocycles. The Morgan fingerprint density at radius 2 is 2.11 bits per heavy atom. The summed E-state index contributed by atoms with van der Waals surface area (Å²) in [6.07, 6.45) is 0. The monoisotopic (exact) mass is 421 g/mol. The topological polar surface area (TPSA) is 95.1 Å². The minimum absolute atomic E-state index is 0.0614. The fourth-order valence-electron chi connectivity index (χ4n) is 2.21. The van der Waals surface area contributed by atoms with E-state index in [1.807, 2.05) is 0 Å². The smallest absolute Gasteiger partial charge is 0.237 e. The second kappa shape index (κ2) is 8.94. The number of amides is 1. The molecule has 0 aliphatic rings. The molecule has 3 aromatic rings. The van der Waals surface area contributed by atoms with Crippen LogP contribution in [0.2, 0.25) is 5.02 Å². The molecule has 0 fully saturated rings. The zero-order valence-corrected chi connectivity index (χ0v) is 16.4. The summed E-state index contributed by atoms with van der Waals surface area (Å²) in [6.45, 7) is 1.66. The molecule has 0 aliphatic carbocycles. The highest BCUT2D eigenvalue weighted by atomic mass is 35.5. The molecule has 3 N–H and O–H groups in total. The van der Waals surface area contributed by atoms with Gasteiger partial charge in [0.05, 0.1) is 5.25 Å². The Bertz CT molecular complexity index is 984. The van der Waals surface area contributed by atoms with Gasteiger partial charge in [0.2, 0.25) is 11.1 Å². The van der Waals surface area contributed by atoms with Crippen LogP contribution >= 0.6 is 23.4 Å². The van der Waals surface area contributed by atoms with Crippen LogP contribution in [0.5, 0.6) is 5.75 Å². The third kappa shape index (κ3) is 4.93. The standard InChI is InChI=1S/C18H17ClFN5O2S/c1-11(17(26)22-13-6-4-5-12(19)9-13)28-18-24-23-16(25(18)21)10-27-15-8-3-2-7-14(15)20/h2-9,11H,10,21H2,1H3,(H,22,26)/t11-/m0/s1. The number of para-hydroxylation sites is 1. The summed E-state index contributed by atoms with van der Waals surface area (Å²) in [6, 6.07) is 12.9. The van der Waals surface area contributed by atoms with Crippen LogP contribution in [0.4, 0.5) is 10.1 Å². The lowest BCUT2D eigenvalue weighted by molar-refractivity contribution is -0.115. The van der Waals surface area contributed by atoms with E-state index in [1.54, 1.807) is 43.3 Å². The van der Waals surface area contributed by atoms with Crippen LogP contribution < -0.4 is 15.9 Å². The van der Waals surface area contributed by atoms with Gasteiger partial charge >= 0.3 is 0 Å². The lowest BCUT2D eigenvalue weighted by Gasteiger charge is -2.12. The fourth-order valence-corrected chi connectivity index (χ4v) is 3.19. The Kier molecular flexibility index (Phi) is 6.37. The second-order valence-corrected chi connectivity index (χ2v) is 7.49. The maximum Gasteiger partial charge on any atom is 0.237 e. The average molecular weight is 422 g/mol. The Morgan fingerprint density at radius 3 is 2.86 bits per heavy atom. The number of thioether (sulfide) groups is 1. The first kappa shape index (κ1) is 20.0. The molecular formula is C18H17ClFN5O2S. The minimum atomic E-state index is -0.495. The molecule has 1 aromatic heterocycles. The van der Waals surface area contributed by atoms with Crippen LogP contribution in [0.15, 0.2) is 53.7 Å². The third-order valence-corrected chi connectivity index (χ3v) is 4.96. The fraction of sp³-hybridized carbons (Fsp3) is 0.167. The van der Waals surface area contributed by atoms with Crippen molar-refractivity contribution in [3.63, 3.8) is 0 Å². The number of hydrogen-bond acceptors (Lipinski definition) is 6. The largest absolute Gasteiger partial charge is 0.482 e. The van der Waals surface area contributed by atoms with Gasteiger partial charge in [-0.2, -0.15) is 0 Å². The molecule has 3 rings (SSSR count). The lowest BCUT2D eigenvalue weighted by atomic mass is 10.3. The molecule has 1 amide bonds. The van der Waals surface area contributed by atoms with Gasteiger partial charge in [0.1, 0.15) is 6.61 Å². The van der Waals surface area contributed by atoms with Crippen LogP contribution in [-0.2, 0) is 11.4 Å². The summed E-state index contributed by atoms with van der Waals surface area (Å²) in [5.41, 5.74) is 0.596. The van der Waals surface area contributed by atoms with Gasteiger partial charge in [-0.3, -0.25) is 4.79 Å². The van der Waals surface area contributed by atoms with Crippen molar-refractivity contribution in [1.29, 1.82) is 0 Å². The quantitative estimate of drug-likeness (QED) is 0.448. The van der Waals surface area contributed by atoms with Gasteiger partial charge in [-0.05, 0) is 37.3 Å². The Morgan fingerprint density at radius 1 is 1.32 bits per heavy atom. The molecule has 7 nitrogen and oxygen atoms in total. The third-order valence-electron chi connectivity index (χ3n) is 3.67. The zero-order chi connectivity index (χ0) is 20.1. The predicted molar refractivity (Wildman–Crippen MR) is 106 cm³/mol. The number of carbonyl (C=O) groups is 1. The molecule has 10 heteroatoms. The number of anilines is 1. The Labute approximate surface area is 170 Å². The van der Waals surface area contributed by atoms with Crippen molar-refractivity contribution in [3.05, 3.63) is 65.2 Å². The number of nitrogens with two attached hydrogens (primary N) is 1. The summed E-state index contributed by atoms with van der Waals surface area (Å²) in [5.74, 6) is 5.65. The number of nitrogens with zero attached hydrogens (tertiary/aromatic N) is 3. The normalized spacial score (nSPS) is 11.8. The first-order valence-electron chi connectivity index (χ1n) is 8.24. The summed E-state index contributed by atoms with van der Waals surface area (Å²) in [5, 5.41) is 11.0. The molecule has 0 unspecified atom stereocenters. The highest BCUT2D eigenvalue weighted by Gasteiger charge is 2.20. The number of ether oxygens (including phenoxy) is 1. The zero-order valence-electron chi connectivity index (χ0n) is 14.8. The van der Waals surface area contributed by atoms with Crippen molar-refractivity contribution >= 4 is 35.0 Å². The van der Waals surface area contributed by atoms with Crippen LogP contribution in [0, 0.1) is 5.82 Å². The second-order valence-electron chi connectivity index (χ2n) is 5.75. The molecule has 146 valence electrons. The molecule has 1 heterocycles. The van der Waals surface area contributed by atoms with Crippen LogP contribution in [0.25, 0.3) is 0 Å². The maximum absolute atomic E-state index is 13.6. The number of hydrogen-bond donors (Lipinski definition) is 2. The number of rotatable bonds is 7. The summed E-state index contributed by atoms with van der Waals surface area (Å²) in [4.78, 5) is 12.4. The lowest BCUT2D eigenvalue weighted by Crippen LogP contribution is -2.24. The van der Waals surface area contributed by atoms with Gasteiger partial charge in [-0.1, -0.05) is 41.6 Å². The SMILES string of the molecule is C[C@H](Sc1nnc(COc2ccccc2F)n1N)C(=O)Nc1cccc(Cl)c1. The number of carbonyl (C=O) groups excluding carboxylic acids is 1. The molecule has 0 bridgehead atoms. The van der Waals surface area contributed by atoms with Gasteiger partial charge in [0, 0.05) is 10.7 Å². The molecule has 0 radical (unpaired) electrons. The molecule has 0 spiro atoms. The molecule has 2 aromatic carbocycles. The van der Waals surface area contributed by atoms with Crippen molar-refractivity contribution in [2.45, 2.75) is 23.9 Å². The molecule has 28 heavy (non-hydrogen) atoms. The highest BCUT2D eigenvalue weighted by Crippen LogP contribution is 2.23. The van der Waals surface area contributed by atoms with E-state index in [-0.39, 0.29) is 18.3 Å². The van der Waals surface area contributed by atoms with Gasteiger partial charge < -0.3 is 15.9 Å². The van der Waals surface area contributed by atoms with Crippen LogP contribution in [0.1, 0.15) is 12.7 Å². The average Bonchev–Trinajstić information content (AvgIpc) is 3.01. The van der Waals surface area contributed by atoms with Crippen LogP contribution in [0.3, 0.4) is 0 Å². The van der Waals surface area contributed by atoms with E-state index in [0.717, 1.165) is 11.8 Å². The first-order valence-corrected chi connectivity index (χ1v) is 9.49. The van der Waals surface area contributed by atoms with E-state index in [4.69, 9.17) is 22.2 Å². The minimum Gasteiger partial charge on any atom is -0.482 e. The van der Waals surface area contributed by atoms with E-state index in [0.29, 0.717) is 21.7 Å². The summed E-state index contributed by atoms with van der Waals surface area (Å²) >= 11 is 7.05. The number of aromatic nitrogens is 3. The molecular weight excluding hydrogens is 405 g/mol. The number of nitrogen functional groups attached to an aromatic ring is 1. The van der Waals surface area contributed by atoms with E-state index in [2.05, 4.69) is 15.5 Å². The van der Waals surface area contributed by atoms with Crippen molar-refractivity contribution in [1.82, 2.24) is 14.9 Å². The van der Waals surface area contributed by atoms with Crippen molar-refractivity contribution < 1.29 is 13.9 Å². The summed E-state index contributed by atoms with van der Waals surface area (Å²) < 4.78 is 20.2. The van der Waals surface area contributed by atoms with E-state index >= 15 is 0 Å². The molecule has 0 saturated heterocycles. The summed E-state index contributed by atoms with van der Waals surface area (Å²) in [7, 11) is 0. The van der Waals surface area contributed by atoms with E-state index < -0.39 is 11.1 Å². The predicted octanol–water partition coefficient (Wildman–Crippen LogP) is 3.48. The first-order chi connectivity index (χ1) is 13.4. The number of benzene rings is 2. The molecule has 0 aliphatic heterocycles. The Hall–Kier alpha value is -2.78. The van der Waals surface area contributed by atoms with Gasteiger partial charge in [-0.15, -0.1) is 10.2 Å². The van der Waals surface area contributed by atoms with Crippen molar-refractivity contribution in [2.24, 2.45) is 0 Å². The van der Waals surface area contributed by atoms with E-state index in [9.17, 15) is 9.18 Å². The van der Waals surface area contributed by atoms with Gasteiger partial charge in [-0.25, -0.2) is 9.07 Å². The van der Waals surface area contributed by atoms with E-state index in [1.165, 1.54) is 16.8 Å². The Balaban J connectivity index is 1.60. The number of halogens is 2. The molecule has 1 atom stereocenters. The van der Waals surface area contributed by atoms with Crippen LogP contribution in [-0.4, -0.2) is 26.0 Å². The van der Waals surface area contributed by atoms with Crippen molar-refractivity contribution in [3.8, 4) is 5.75 Å². The van der Waals surface area contributed by atoms with Gasteiger partial charge in [0.25, 0.3) is 0 Å². The van der Waals surface area contributed by atoms with Crippen molar-refractivity contribution in [2.75, 3.05) is 11.2 Å². The highest BCUT2D eigenvalue weighted by molar-refractivity contribution is 8.00. The maximum atomic E-state index is 13.6.